The van der Waals surface area contributed by atoms with Crippen LogP contribution in [0.2, 0.25) is 5.02 Å². The van der Waals surface area contributed by atoms with Crippen LogP contribution in [0.25, 0.3) is 0 Å². The van der Waals surface area contributed by atoms with Gasteiger partial charge in [0, 0.05) is 15.1 Å². The zero-order valence-corrected chi connectivity index (χ0v) is 15.0. The summed E-state index contributed by atoms with van der Waals surface area (Å²) in [7, 11) is 3.57. The van der Waals surface area contributed by atoms with Crippen LogP contribution >= 0.6 is 43.5 Å². The molecule has 2 nitrogen and oxygen atoms in total. The lowest BCUT2D eigenvalue weighted by molar-refractivity contribution is 0.402. The molecule has 5 heteroatoms. The van der Waals surface area contributed by atoms with Crippen LogP contribution in [0.5, 0.6) is 5.75 Å². The van der Waals surface area contributed by atoms with Gasteiger partial charge >= 0.3 is 0 Å². The van der Waals surface area contributed by atoms with E-state index in [1.807, 2.05) is 31.3 Å². The predicted molar refractivity (Wildman–Crippen MR) is 90.7 cm³/mol. The van der Waals surface area contributed by atoms with E-state index in [1.54, 1.807) is 7.11 Å². The molecule has 1 N–H and O–H groups in total. The first kappa shape index (κ1) is 15.8. The molecule has 0 aromatic heterocycles. The van der Waals surface area contributed by atoms with E-state index < -0.39 is 0 Å². The molecule has 0 aliphatic rings. The SMILES string of the molecule is CNC(c1cccc(Br)c1)c1cc(Cl)cc(Br)c1OC. The van der Waals surface area contributed by atoms with E-state index in [0.29, 0.717) is 5.02 Å². The standard InChI is InChI=1S/C15H14Br2ClNO/c1-19-14(9-4-3-5-10(16)6-9)12-7-11(18)8-13(17)15(12)20-2/h3-8,14,19H,1-2H3. The number of hydrogen-bond donors (Lipinski definition) is 1. The third-order valence-electron chi connectivity index (χ3n) is 3.02. The highest BCUT2D eigenvalue weighted by Gasteiger charge is 2.19. The zero-order chi connectivity index (χ0) is 14.7. The topological polar surface area (TPSA) is 21.3 Å². The Hall–Kier alpha value is -0.550. The summed E-state index contributed by atoms with van der Waals surface area (Å²) >= 11 is 13.2. The van der Waals surface area contributed by atoms with Crippen LogP contribution in [0.15, 0.2) is 45.3 Å². The minimum atomic E-state index is -0.00236. The number of methoxy groups -OCH3 is 1. The lowest BCUT2D eigenvalue weighted by Crippen LogP contribution is -2.18. The van der Waals surface area contributed by atoms with Gasteiger partial charge < -0.3 is 10.1 Å². The summed E-state index contributed by atoms with van der Waals surface area (Å²) in [4.78, 5) is 0. The Bertz CT molecular complexity index is 619. The van der Waals surface area contributed by atoms with Gasteiger partial charge in [0.25, 0.3) is 0 Å². The molecule has 0 fully saturated rings. The first-order chi connectivity index (χ1) is 9.56. The number of rotatable bonds is 4. The van der Waals surface area contributed by atoms with Gasteiger partial charge in [0.05, 0.1) is 17.6 Å². The van der Waals surface area contributed by atoms with Gasteiger partial charge in [-0.05, 0) is 52.8 Å². The van der Waals surface area contributed by atoms with E-state index in [4.69, 9.17) is 16.3 Å². The van der Waals surface area contributed by atoms with Crippen molar-refractivity contribution in [3.63, 3.8) is 0 Å². The van der Waals surface area contributed by atoms with Gasteiger partial charge in [-0.1, -0.05) is 39.7 Å². The fraction of sp³-hybridized carbons (Fsp3) is 0.200. The summed E-state index contributed by atoms with van der Waals surface area (Å²) in [6, 6.07) is 11.9. The van der Waals surface area contributed by atoms with Gasteiger partial charge in [0.2, 0.25) is 0 Å². The van der Waals surface area contributed by atoms with Crippen LogP contribution in [0.3, 0.4) is 0 Å². The number of ether oxygens (including phenoxy) is 1. The van der Waals surface area contributed by atoms with Crippen molar-refractivity contribution in [3.05, 3.63) is 61.5 Å². The Morgan fingerprint density at radius 3 is 2.55 bits per heavy atom. The van der Waals surface area contributed by atoms with Crippen molar-refractivity contribution in [2.24, 2.45) is 0 Å². The molecule has 0 amide bonds. The molecular weight excluding hydrogens is 405 g/mol. The molecule has 0 saturated heterocycles. The summed E-state index contributed by atoms with van der Waals surface area (Å²) in [6.45, 7) is 0. The van der Waals surface area contributed by atoms with Crippen LogP contribution < -0.4 is 10.1 Å². The Labute approximate surface area is 140 Å². The van der Waals surface area contributed by atoms with Crippen LogP contribution in [-0.2, 0) is 0 Å². The lowest BCUT2D eigenvalue weighted by Gasteiger charge is -2.21. The second-order valence-electron chi connectivity index (χ2n) is 4.29. The average Bonchev–Trinajstić information content (AvgIpc) is 2.39. The van der Waals surface area contributed by atoms with E-state index in [-0.39, 0.29) is 6.04 Å². The third kappa shape index (κ3) is 3.37. The summed E-state index contributed by atoms with van der Waals surface area (Å²) in [5.74, 6) is 0.786. The van der Waals surface area contributed by atoms with Gasteiger partial charge in [-0.25, -0.2) is 0 Å². The first-order valence-corrected chi connectivity index (χ1v) is 7.99. The monoisotopic (exact) mass is 417 g/mol. The molecule has 1 atom stereocenters. The fourth-order valence-corrected chi connectivity index (χ4v) is 3.61. The minimum absolute atomic E-state index is 0.00236. The molecule has 0 aliphatic carbocycles. The maximum absolute atomic E-state index is 6.18. The molecule has 2 aromatic carbocycles. The molecular formula is C15H14Br2ClNO. The molecule has 2 rings (SSSR count). The van der Waals surface area contributed by atoms with Gasteiger partial charge in [-0.3, -0.25) is 0 Å². The number of nitrogens with one attached hydrogen (secondary N) is 1. The van der Waals surface area contributed by atoms with Gasteiger partial charge in [-0.15, -0.1) is 0 Å². The van der Waals surface area contributed by atoms with E-state index in [1.165, 1.54) is 0 Å². The van der Waals surface area contributed by atoms with Crippen LogP contribution in [0.1, 0.15) is 17.2 Å². The van der Waals surface area contributed by atoms with Crippen molar-refractivity contribution in [2.45, 2.75) is 6.04 Å². The van der Waals surface area contributed by atoms with Crippen molar-refractivity contribution in [1.29, 1.82) is 0 Å². The molecule has 0 heterocycles. The lowest BCUT2D eigenvalue weighted by atomic mass is 9.98. The zero-order valence-electron chi connectivity index (χ0n) is 11.1. The Morgan fingerprint density at radius 2 is 1.95 bits per heavy atom. The van der Waals surface area contributed by atoms with Crippen molar-refractivity contribution in [3.8, 4) is 5.75 Å². The van der Waals surface area contributed by atoms with Crippen molar-refractivity contribution in [1.82, 2.24) is 5.32 Å². The summed E-state index contributed by atoms with van der Waals surface area (Å²) in [5.41, 5.74) is 2.13. The van der Waals surface area contributed by atoms with Crippen LogP contribution in [-0.4, -0.2) is 14.2 Å². The predicted octanol–water partition coefficient (Wildman–Crippen LogP) is 5.18. The molecule has 20 heavy (non-hydrogen) atoms. The highest BCUT2D eigenvalue weighted by atomic mass is 79.9. The van der Waals surface area contributed by atoms with Gasteiger partial charge in [0.15, 0.2) is 0 Å². The molecule has 0 saturated carbocycles. The van der Waals surface area contributed by atoms with E-state index in [9.17, 15) is 0 Å². The maximum Gasteiger partial charge on any atom is 0.138 e. The van der Waals surface area contributed by atoms with Gasteiger partial charge in [0.1, 0.15) is 5.75 Å². The highest BCUT2D eigenvalue weighted by molar-refractivity contribution is 9.10. The molecule has 1 unspecified atom stereocenters. The van der Waals surface area contributed by atoms with Crippen molar-refractivity contribution >= 4 is 43.5 Å². The number of hydrogen-bond acceptors (Lipinski definition) is 2. The summed E-state index contributed by atoms with van der Waals surface area (Å²) in [5, 5.41) is 3.98. The highest BCUT2D eigenvalue weighted by Crippen LogP contribution is 2.38. The maximum atomic E-state index is 6.18. The molecule has 106 valence electrons. The molecule has 2 aromatic rings. The van der Waals surface area contributed by atoms with E-state index in [0.717, 1.165) is 25.8 Å². The summed E-state index contributed by atoms with van der Waals surface area (Å²) < 4.78 is 7.39. The Kier molecular flexibility index (Phi) is 5.49. The second kappa shape index (κ2) is 6.94. The first-order valence-electron chi connectivity index (χ1n) is 6.02. The number of halogens is 3. The smallest absolute Gasteiger partial charge is 0.138 e. The third-order valence-corrected chi connectivity index (χ3v) is 4.32. The van der Waals surface area contributed by atoms with Gasteiger partial charge in [-0.2, -0.15) is 0 Å². The largest absolute Gasteiger partial charge is 0.495 e. The summed E-state index contributed by atoms with van der Waals surface area (Å²) in [6.07, 6.45) is 0. The Balaban J connectivity index is 2.57. The quantitative estimate of drug-likeness (QED) is 0.737. The molecule has 0 spiro atoms. The van der Waals surface area contributed by atoms with Crippen LogP contribution in [0, 0.1) is 0 Å². The number of benzene rings is 2. The van der Waals surface area contributed by atoms with E-state index in [2.05, 4.69) is 49.3 Å². The average molecular weight is 420 g/mol. The second-order valence-corrected chi connectivity index (χ2v) is 6.49. The molecule has 0 bridgehead atoms. The minimum Gasteiger partial charge on any atom is -0.495 e. The molecule has 0 aliphatic heterocycles. The van der Waals surface area contributed by atoms with Crippen molar-refractivity contribution in [2.75, 3.05) is 14.2 Å². The van der Waals surface area contributed by atoms with Crippen LogP contribution in [0.4, 0.5) is 0 Å². The fourth-order valence-electron chi connectivity index (χ4n) is 2.20. The normalized spacial score (nSPS) is 12.2. The van der Waals surface area contributed by atoms with E-state index >= 15 is 0 Å². The van der Waals surface area contributed by atoms with Crippen molar-refractivity contribution < 1.29 is 4.74 Å². The molecule has 0 radical (unpaired) electrons. The Morgan fingerprint density at radius 1 is 1.20 bits per heavy atom.